The van der Waals surface area contributed by atoms with E-state index in [4.69, 9.17) is 4.74 Å². The van der Waals surface area contributed by atoms with Crippen LogP contribution >= 0.6 is 15.9 Å². The number of hydrogen-bond acceptors (Lipinski definition) is 4. The van der Waals surface area contributed by atoms with Gasteiger partial charge in [0.1, 0.15) is 23.7 Å². The van der Waals surface area contributed by atoms with Crippen molar-refractivity contribution in [3.8, 4) is 5.75 Å². The first-order valence-corrected chi connectivity index (χ1v) is 11.3. The number of nitrogens with one attached hydrogen (secondary N) is 1. The molecule has 0 atom stereocenters. The molecule has 0 radical (unpaired) electrons. The Balaban J connectivity index is 1.52. The Labute approximate surface area is 193 Å². The van der Waals surface area contributed by atoms with E-state index in [0.29, 0.717) is 21.3 Å². The van der Waals surface area contributed by atoms with E-state index in [1.807, 2.05) is 0 Å². The molecule has 2 aliphatic rings. The van der Waals surface area contributed by atoms with E-state index >= 15 is 0 Å². The van der Waals surface area contributed by atoms with Crippen LogP contribution in [0.15, 0.2) is 52.5 Å². The first-order valence-electron chi connectivity index (χ1n) is 10.5. The average Bonchev–Trinajstić information content (AvgIpc) is 2.78. The van der Waals surface area contributed by atoms with Crippen molar-refractivity contribution in [2.75, 3.05) is 0 Å². The van der Waals surface area contributed by atoms with Crippen LogP contribution < -0.4 is 10.1 Å². The van der Waals surface area contributed by atoms with Crippen LogP contribution in [0.2, 0.25) is 0 Å². The largest absolute Gasteiger partial charge is 0.488 e. The number of carbonyl (C=O) groups is 3. The minimum Gasteiger partial charge on any atom is -0.488 e. The molecule has 0 spiro atoms. The zero-order chi connectivity index (χ0) is 22.7. The summed E-state index contributed by atoms with van der Waals surface area (Å²) in [6.07, 6.45) is 5.96. The van der Waals surface area contributed by atoms with Gasteiger partial charge in [-0.3, -0.25) is 19.8 Å². The predicted octanol–water partition coefficient (Wildman–Crippen LogP) is 4.96. The zero-order valence-electron chi connectivity index (χ0n) is 17.3. The third kappa shape index (κ3) is 4.75. The van der Waals surface area contributed by atoms with Crippen LogP contribution in [0, 0.1) is 5.82 Å². The first-order chi connectivity index (χ1) is 15.4. The fraction of sp³-hybridized carbons (Fsp3) is 0.292. The molecular weight excluding hydrogens is 479 g/mol. The van der Waals surface area contributed by atoms with E-state index in [-0.39, 0.29) is 24.0 Å². The summed E-state index contributed by atoms with van der Waals surface area (Å²) < 4.78 is 20.1. The van der Waals surface area contributed by atoms with E-state index in [2.05, 4.69) is 21.2 Å². The summed E-state index contributed by atoms with van der Waals surface area (Å²) in [5.41, 5.74) is 0.941. The maximum atomic E-state index is 13.8. The van der Waals surface area contributed by atoms with Crippen LogP contribution in [0.1, 0.15) is 43.2 Å². The fourth-order valence-corrected chi connectivity index (χ4v) is 4.51. The summed E-state index contributed by atoms with van der Waals surface area (Å²) in [6.45, 7) is 0.0606. The maximum absolute atomic E-state index is 13.8. The highest BCUT2D eigenvalue weighted by Crippen LogP contribution is 2.30. The van der Waals surface area contributed by atoms with Gasteiger partial charge >= 0.3 is 6.03 Å². The monoisotopic (exact) mass is 500 g/mol. The van der Waals surface area contributed by atoms with Gasteiger partial charge in [0, 0.05) is 11.6 Å². The normalized spacial score (nSPS) is 18.8. The second-order valence-corrected chi connectivity index (χ2v) is 8.71. The summed E-state index contributed by atoms with van der Waals surface area (Å²) in [6, 6.07) is 10.6. The number of halogens is 2. The average molecular weight is 501 g/mol. The van der Waals surface area contributed by atoms with Crippen LogP contribution in [-0.4, -0.2) is 28.8 Å². The molecule has 1 aliphatic heterocycles. The van der Waals surface area contributed by atoms with Gasteiger partial charge < -0.3 is 4.74 Å². The van der Waals surface area contributed by atoms with Gasteiger partial charge in [-0.2, -0.15) is 0 Å². The quantitative estimate of drug-likeness (QED) is 0.464. The molecule has 2 fully saturated rings. The van der Waals surface area contributed by atoms with Crippen molar-refractivity contribution in [3.63, 3.8) is 0 Å². The third-order valence-electron chi connectivity index (χ3n) is 5.68. The van der Waals surface area contributed by atoms with Crippen LogP contribution in [0.4, 0.5) is 9.18 Å². The minimum atomic E-state index is -0.705. The predicted molar refractivity (Wildman–Crippen MR) is 120 cm³/mol. The Morgan fingerprint density at radius 3 is 2.56 bits per heavy atom. The highest BCUT2D eigenvalue weighted by Gasteiger charge is 2.40. The molecular formula is C24H22BrFN2O4. The molecule has 2 aromatic carbocycles. The molecule has 32 heavy (non-hydrogen) atoms. The smallest absolute Gasteiger partial charge is 0.331 e. The summed E-state index contributed by atoms with van der Waals surface area (Å²) in [4.78, 5) is 38.9. The molecule has 8 heteroatoms. The lowest BCUT2D eigenvalue weighted by Gasteiger charge is -2.35. The first kappa shape index (κ1) is 22.2. The number of carbonyl (C=O) groups excluding carboxylic acids is 3. The molecule has 1 saturated heterocycles. The molecule has 0 unspecified atom stereocenters. The zero-order valence-corrected chi connectivity index (χ0v) is 18.9. The Morgan fingerprint density at radius 2 is 1.84 bits per heavy atom. The standard InChI is InChI=1S/C24H22BrFN2O4/c25-19-13-15(10-11-21(19)32-14-16-6-4-5-9-20(16)26)12-18-22(29)27-24(31)28(23(18)30)17-7-2-1-3-8-17/h4-6,9-13,17H,1-3,7-8,14H2,(H,27,29,31). The van der Waals surface area contributed by atoms with Crippen molar-refractivity contribution in [1.29, 1.82) is 0 Å². The van der Waals surface area contributed by atoms with Gasteiger partial charge in [0.05, 0.1) is 4.47 Å². The molecule has 1 aliphatic carbocycles. The third-order valence-corrected chi connectivity index (χ3v) is 6.30. The number of barbiturate groups is 1. The lowest BCUT2D eigenvalue weighted by Crippen LogP contribution is -2.58. The van der Waals surface area contributed by atoms with Gasteiger partial charge in [-0.15, -0.1) is 0 Å². The summed E-state index contributed by atoms with van der Waals surface area (Å²) >= 11 is 3.42. The molecule has 4 amide bonds. The number of imide groups is 2. The summed E-state index contributed by atoms with van der Waals surface area (Å²) in [5.74, 6) is -1.12. The number of hydrogen-bond donors (Lipinski definition) is 1. The van der Waals surface area contributed by atoms with Gasteiger partial charge in [0.15, 0.2) is 0 Å². The molecule has 6 nitrogen and oxygen atoms in total. The molecule has 0 aromatic heterocycles. The van der Waals surface area contributed by atoms with E-state index in [9.17, 15) is 18.8 Å². The molecule has 1 N–H and O–H groups in total. The minimum absolute atomic E-state index is 0.0606. The van der Waals surface area contributed by atoms with Crippen molar-refractivity contribution >= 4 is 39.9 Å². The van der Waals surface area contributed by atoms with E-state index in [1.165, 1.54) is 17.0 Å². The topological polar surface area (TPSA) is 75.7 Å². The molecule has 4 rings (SSSR count). The Hall–Kier alpha value is -3.00. The van der Waals surface area contributed by atoms with Crippen molar-refractivity contribution in [3.05, 3.63) is 69.5 Å². The second-order valence-electron chi connectivity index (χ2n) is 7.85. The SMILES string of the molecule is O=C1NC(=O)N(C2CCCCC2)C(=O)C1=Cc1ccc(OCc2ccccc2F)c(Br)c1. The number of amides is 4. The van der Waals surface area contributed by atoms with Gasteiger partial charge in [-0.05, 0) is 58.6 Å². The Bertz CT molecular complexity index is 1100. The molecule has 0 bridgehead atoms. The van der Waals surface area contributed by atoms with Crippen molar-refractivity contribution in [1.82, 2.24) is 10.2 Å². The van der Waals surface area contributed by atoms with E-state index in [0.717, 1.165) is 32.1 Å². The number of benzene rings is 2. The highest BCUT2D eigenvalue weighted by atomic mass is 79.9. The van der Waals surface area contributed by atoms with Crippen molar-refractivity contribution in [2.45, 2.75) is 44.8 Å². The van der Waals surface area contributed by atoms with Crippen molar-refractivity contribution in [2.24, 2.45) is 0 Å². The second kappa shape index (κ2) is 9.65. The number of urea groups is 1. The van der Waals surface area contributed by atoms with Crippen molar-refractivity contribution < 1.29 is 23.5 Å². The lowest BCUT2D eigenvalue weighted by molar-refractivity contribution is -0.132. The Kier molecular flexibility index (Phi) is 6.69. The number of rotatable bonds is 5. The van der Waals surface area contributed by atoms with Crippen LogP contribution in [-0.2, 0) is 16.2 Å². The van der Waals surface area contributed by atoms with Gasteiger partial charge in [-0.1, -0.05) is 43.5 Å². The molecule has 2 aromatic rings. The fourth-order valence-electron chi connectivity index (χ4n) is 4.00. The maximum Gasteiger partial charge on any atom is 0.331 e. The number of ether oxygens (including phenoxy) is 1. The summed E-state index contributed by atoms with van der Waals surface area (Å²) in [5, 5.41) is 2.28. The highest BCUT2D eigenvalue weighted by molar-refractivity contribution is 9.10. The van der Waals surface area contributed by atoms with Crippen LogP contribution in [0.5, 0.6) is 5.75 Å². The van der Waals surface area contributed by atoms with E-state index < -0.39 is 17.8 Å². The Morgan fingerprint density at radius 1 is 1.09 bits per heavy atom. The van der Waals surface area contributed by atoms with Crippen LogP contribution in [0.25, 0.3) is 6.08 Å². The number of nitrogens with zero attached hydrogens (tertiary/aromatic N) is 1. The molecule has 1 heterocycles. The van der Waals surface area contributed by atoms with E-state index in [1.54, 1.807) is 36.4 Å². The van der Waals surface area contributed by atoms with Gasteiger partial charge in [0.25, 0.3) is 11.8 Å². The summed E-state index contributed by atoms with van der Waals surface area (Å²) in [7, 11) is 0. The van der Waals surface area contributed by atoms with Crippen LogP contribution in [0.3, 0.4) is 0 Å². The molecule has 166 valence electrons. The lowest BCUT2D eigenvalue weighted by atomic mass is 9.93. The van der Waals surface area contributed by atoms with Gasteiger partial charge in [0.2, 0.25) is 0 Å². The molecule has 1 saturated carbocycles. The van der Waals surface area contributed by atoms with Gasteiger partial charge in [-0.25, -0.2) is 9.18 Å².